The average Bonchev–Trinajstić information content (AvgIpc) is 3.12. The third kappa shape index (κ3) is 35.8. The van der Waals surface area contributed by atoms with Crippen molar-refractivity contribution < 1.29 is 42.7 Å². The predicted molar refractivity (Wildman–Crippen MR) is 212 cm³/mol. The number of allylic oxidation sites excluding steroid dienone is 10. The van der Waals surface area contributed by atoms with Gasteiger partial charge >= 0.3 is 19.8 Å². The molecule has 52 heavy (non-hydrogen) atoms. The maximum Gasteiger partial charge on any atom is 0.472 e. The highest BCUT2D eigenvalue weighted by atomic mass is 31.2. The number of unbranched alkanes of at least 4 members (excludes halogenated alkanes) is 10. The van der Waals surface area contributed by atoms with Crippen LogP contribution in [0.3, 0.4) is 0 Å². The maximum absolute atomic E-state index is 12.5. The Morgan fingerprint density at radius 3 is 1.90 bits per heavy atom. The molecule has 11 heteroatoms. The van der Waals surface area contributed by atoms with Gasteiger partial charge in [0.2, 0.25) is 0 Å². The third-order valence-electron chi connectivity index (χ3n) is 7.70. The fourth-order valence-electron chi connectivity index (χ4n) is 4.80. The highest BCUT2D eigenvalue weighted by Crippen LogP contribution is 2.43. The Hall–Kier alpha value is -2.59. The molecule has 2 unspecified atom stereocenters. The number of aliphatic hydroxyl groups excluding tert-OH is 1. The number of phosphoric acid groups is 1. The zero-order chi connectivity index (χ0) is 38.4. The number of carbonyl (C=O) groups excluding carboxylic acids is 2. The number of hydrogen-bond donors (Lipinski definition) is 3. The second-order valence-electron chi connectivity index (χ2n) is 12.6. The minimum atomic E-state index is -4.42. The highest BCUT2D eigenvalue weighted by Gasteiger charge is 2.25. The molecule has 0 saturated heterocycles. The number of ether oxygens (including phenoxy) is 2. The summed E-state index contributed by atoms with van der Waals surface area (Å²) < 4.78 is 32.5. The van der Waals surface area contributed by atoms with Gasteiger partial charge in [-0.25, -0.2) is 4.57 Å². The van der Waals surface area contributed by atoms with E-state index < -0.39 is 38.6 Å². The minimum Gasteiger partial charge on any atom is -0.462 e. The summed E-state index contributed by atoms with van der Waals surface area (Å²) in [7, 11) is -4.42. The van der Waals surface area contributed by atoms with Gasteiger partial charge in [0.1, 0.15) is 6.61 Å². The first-order chi connectivity index (χ1) is 25.2. The van der Waals surface area contributed by atoms with Gasteiger partial charge < -0.3 is 25.2 Å². The summed E-state index contributed by atoms with van der Waals surface area (Å²) >= 11 is 0. The maximum atomic E-state index is 12.5. The van der Waals surface area contributed by atoms with Gasteiger partial charge in [0.05, 0.1) is 19.3 Å². The van der Waals surface area contributed by atoms with Crippen LogP contribution in [0.25, 0.3) is 0 Å². The van der Waals surface area contributed by atoms with E-state index in [0.29, 0.717) is 19.3 Å². The minimum absolute atomic E-state index is 0.0219. The summed E-state index contributed by atoms with van der Waals surface area (Å²) in [5, 5.41) is 10.2. The van der Waals surface area contributed by atoms with Crippen molar-refractivity contribution in [2.24, 2.45) is 5.73 Å². The van der Waals surface area contributed by atoms with Crippen molar-refractivity contribution in [1.82, 2.24) is 0 Å². The number of rotatable bonds is 35. The van der Waals surface area contributed by atoms with Crippen molar-refractivity contribution in [2.45, 2.75) is 148 Å². The molecule has 0 fully saturated rings. The molecule has 0 aliphatic heterocycles. The molecule has 298 valence electrons. The molecule has 3 atom stereocenters. The first kappa shape index (κ1) is 49.4. The van der Waals surface area contributed by atoms with Gasteiger partial charge in [-0.05, 0) is 44.9 Å². The van der Waals surface area contributed by atoms with Crippen LogP contribution in [0.4, 0.5) is 0 Å². The molecular weight excluding hydrogens is 681 g/mol. The monoisotopic (exact) mass is 751 g/mol. The molecule has 10 nitrogen and oxygen atoms in total. The Bertz CT molecular complexity index is 1100. The van der Waals surface area contributed by atoms with Crippen LogP contribution >= 0.6 is 7.82 Å². The van der Waals surface area contributed by atoms with E-state index in [1.807, 2.05) is 18.2 Å². The summed E-state index contributed by atoms with van der Waals surface area (Å²) in [6.45, 7) is 3.37. The fraction of sp³-hybridized carbons (Fsp3) is 0.659. The number of hydrogen-bond acceptors (Lipinski definition) is 9. The Balaban J connectivity index is 4.47. The van der Waals surface area contributed by atoms with Crippen molar-refractivity contribution in [1.29, 1.82) is 0 Å². The van der Waals surface area contributed by atoms with Gasteiger partial charge in [0.25, 0.3) is 0 Å². The van der Waals surface area contributed by atoms with Crippen LogP contribution in [0.1, 0.15) is 136 Å². The van der Waals surface area contributed by atoms with E-state index in [9.17, 15) is 24.2 Å². The average molecular weight is 752 g/mol. The van der Waals surface area contributed by atoms with Crippen LogP contribution in [0.5, 0.6) is 0 Å². The SMILES string of the molecule is CC/C=C\C/C=C\C/C=C\C/C=C\C=C/C(O)C/C=C\CCC(=O)O[C@H](COC(=O)CCCCCCCCCCCCC)COP(=O)(O)OCCN. The highest BCUT2D eigenvalue weighted by molar-refractivity contribution is 7.47. The van der Waals surface area contributed by atoms with Crippen LogP contribution in [-0.4, -0.2) is 60.5 Å². The van der Waals surface area contributed by atoms with Crippen molar-refractivity contribution >= 4 is 19.8 Å². The second kappa shape index (κ2) is 36.8. The molecule has 0 saturated carbocycles. The largest absolute Gasteiger partial charge is 0.472 e. The molecule has 0 aromatic heterocycles. The number of carbonyl (C=O) groups is 2. The van der Waals surface area contributed by atoms with Crippen molar-refractivity contribution in [3.8, 4) is 0 Å². The van der Waals surface area contributed by atoms with Gasteiger partial charge in [-0.2, -0.15) is 0 Å². The molecular formula is C41H70NO9P. The van der Waals surface area contributed by atoms with Gasteiger partial charge in [0, 0.05) is 19.4 Å². The lowest BCUT2D eigenvalue weighted by Gasteiger charge is -2.19. The van der Waals surface area contributed by atoms with E-state index >= 15 is 0 Å². The molecule has 0 radical (unpaired) electrons. The number of nitrogens with two attached hydrogens (primary N) is 1. The fourth-order valence-corrected chi connectivity index (χ4v) is 5.57. The molecule has 0 bridgehead atoms. The van der Waals surface area contributed by atoms with Crippen LogP contribution in [-0.2, 0) is 32.7 Å². The Morgan fingerprint density at radius 2 is 1.29 bits per heavy atom. The number of phosphoric ester groups is 1. The lowest BCUT2D eigenvalue weighted by atomic mass is 10.1. The van der Waals surface area contributed by atoms with E-state index in [4.69, 9.17) is 24.3 Å². The van der Waals surface area contributed by atoms with Crippen LogP contribution in [0.2, 0.25) is 0 Å². The van der Waals surface area contributed by atoms with E-state index in [0.717, 1.165) is 44.9 Å². The molecule has 0 aromatic rings. The van der Waals surface area contributed by atoms with Gasteiger partial charge in [0.15, 0.2) is 6.10 Å². The Labute approximate surface area is 314 Å². The van der Waals surface area contributed by atoms with Crippen molar-refractivity contribution in [2.75, 3.05) is 26.4 Å². The second-order valence-corrected chi connectivity index (χ2v) is 14.1. The first-order valence-corrected chi connectivity index (χ1v) is 21.0. The van der Waals surface area contributed by atoms with E-state index in [1.165, 1.54) is 44.9 Å². The normalized spacial score (nSPS) is 14.8. The standard InChI is InChI=1S/C41H70NO9P/c1-3-5-7-9-11-13-15-16-18-19-21-23-26-30-38(43)31-27-25-29-33-41(45)51-39(37-50-52(46,47)49-35-34-42)36-48-40(44)32-28-24-22-20-17-14-12-10-8-6-4-2/h5,7,11,13,16,18,21,23,25-27,30,38-39,43H,3-4,6,8-10,12,14-15,17,19-20,22,24,28-29,31-37,42H2,1-2H3,(H,46,47)/b7-5-,13-11-,18-16-,23-21-,27-25-,30-26-/t38?,39-/m1/s1. The zero-order valence-electron chi connectivity index (χ0n) is 32.1. The van der Waals surface area contributed by atoms with Crippen LogP contribution in [0, 0.1) is 0 Å². The van der Waals surface area contributed by atoms with Crippen LogP contribution in [0.15, 0.2) is 72.9 Å². The molecule has 0 amide bonds. The molecule has 0 rings (SSSR count). The molecule has 0 heterocycles. The lowest BCUT2D eigenvalue weighted by Crippen LogP contribution is -2.29. The van der Waals surface area contributed by atoms with Gasteiger partial charge in [-0.1, -0.05) is 151 Å². The summed E-state index contributed by atoms with van der Waals surface area (Å²) in [5.41, 5.74) is 5.32. The van der Waals surface area contributed by atoms with E-state index in [1.54, 1.807) is 18.2 Å². The van der Waals surface area contributed by atoms with Gasteiger partial charge in [-0.15, -0.1) is 0 Å². The lowest BCUT2D eigenvalue weighted by molar-refractivity contribution is -0.161. The third-order valence-corrected chi connectivity index (χ3v) is 8.68. The molecule has 0 aliphatic rings. The molecule has 0 spiro atoms. The molecule has 0 aliphatic carbocycles. The Kier molecular flexibility index (Phi) is 34.9. The number of aliphatic hydroxyl groups is 1. The summed E-state index contributed by atoms with van der Waals surface area (Å²) in [6, 6.07) is 0. The van der Waals surface area contributed by atoms with Crippen LogP contribution < -0.4 is 5.73 Å². The quantitative estimate of drug-likeness (QED) is 0.0187. The summed E-state index contributed by atoms with van der Waals surface area (Å²) in [5.74, 6) is -1.02. The van der Waals surface area contributed by atoms with Crippen molar-refractivity contribution in [3.05, 3.63) is 72.9 Å². The van der Waals surface area contributed by atoms with E-state index in [2.05, 4.69) is 50.3 Å². The van der Waals surface area contributed by atoms with Gasteiger partial charge in [-0.3, -0.25) is 18.6 Å². The predicted octanol–water partition coefficient (Wildman–Crippen LogP) is 9.68. The Morgan fingerprint density at radius 1 is 0.692 bits per heavy atom. The molecule has 0 aromatic carbocycles. The smallest absolute Gasteiger partial charge is 0.462 e. The molecule has 4 N–H and O–H groups in total. The summed E-state index contributed by atoms with van der Waals surface area (Å²) in [4.78, 5) is 34.7. The first-order valence-electron chi connectivity index (χ1n) is 19.5. The number of esters is 2. The summed E-state index contributed by atoms with van der Waals surface area (Å²) in [6.07, 6.45) is 39.7. The zero-order valence-corrected chi connectivity index (χ0v) is 33.0. The van der Waals surface area contributed by atoms with E-state index in [-0.39, 0.29) is 32.6 Å². The van der Waals surface area contributed by atoms with Crippen molar-refractivity contribution in [3.63, 3.8) is 0 Å². The topological polar surface area (TPSA) is 155 Å².